The van der Waals surface area contributed by atoms with Crippen LogP contribution < -0.4 is 5.32 Å². The second kappa shape index (κ2) is 10.3. The fraction of sp³-hybridized carbons (Fsp3) is 0.650. The highest BCUT2D eigenvalue weighted by molar-refractivity contribution is 5.66. The van der Waals surface area contributed by atoms with Crippen LogP contribution in [-0.2, 0) is 11.2 Å². The van der Waals surface area contributed by atoms with E-state index in [0.717, 1.165) is 38.1 Å². The normalized spacial score (nSPS) is 20.3. The van der Waals surface area contributed by atoms with Gasteiger partial charge in [-0.15, -0.1) is 0 Å². The lowest BCUT2D eigenvalue weighted by molar-refractivity contribution is -0.137. The van der Waals surface area contributed by atoms with Crippen molar-refractivity contribution in [2.45, 2.75) is 70.3 Å². The summed E-state index contributed by atoms with van der Waals surface area (Å²) >= 11 is 0. The molecule has 0 radical (unpaired) electrons. The Kier molecular flexibility index (Phi) is 8.10. The number of hydrogen-bond donors (Lipinski definition) is 3. The second-order valence-corrected chi connectivity index (χ2v) is 7.01. The van der Waals surface area contributed by atoms with Crippen LogP contribution in [0, 0.1) is 5.92 Å². The number of aromatic hydroxyl groups is 1. The van der Waals surface area contributed by atoms with Gasteiger partial charge >= 0.3 is 5.97 Å². The number of carbonyl (C=O) groups is 1. The predicted octanol–water partition coefficient (Wildman–Crippen LogP) is 4.12. The van der Waals surface area contributed by atoms with E-state index >= 15 is 0 Å². The topological polar surface area (TPSA) is 69.6 Å². The Morgan fingerprint density at radius 2 is 1.83 bits per heavy atom. The van der Waals surface area contributed by atoms with E-state index in [1.165, 1.54) is 37.7 Å². The van der Waals surface area contributed by atoms with E-state index in [-0.39, 0.29) is 0 Å². The van der Waals surface area contributed by atoms with Crippen LogP contribution in [0.15, 0.2) is 24.3 Å². The van der Waals surface area contributed by atoms with Gasteiger partial charge in [0.1, 0.15) is 5.75 Å². The van der Waals surface area contributed by atoms with Gasteiger partial charge in [0.05, 0.1) is 0 Å². The van der Waals surface area contributed by atoms with Crippen LogP contribution in [-0.4, -0.2) is 28.8 Å². The largest absolute Gasteiger partial charge is 0.508 e. The maximum atomic E-state index is 10.5. The molecular formula is C20H31NO3. The van der Waals surface area contributed by atoms with Gasteiger partial charge in [0.25, 0.3) is 0 Å². The van der Waals surface area contributed by atoms with Crippen molar-refractivity contribution in [3.63, 3.8) is 0 Å². The Labute approximate surface area is 145 Å². The van der Waals surface area contributed by atoms with Crippen molar-refractivity contribution in [1.29, 1.82) is 0 Å². The second-order valence-electron chi connectivity index (χ2n) is 7.01. The number of carboxylic acid groups (broad SMARTS) is 1. The summed E-state index contributed by atoms with van der Waals surface area (Å²) in [5, 5.41) is 21.7. The number of phenols is 1. The third-order valence-corrected chi connectivity index (χ3v) is 5.13. The minimum absolute atomic E-state index is 0.310. The smallest absolute Gasteiger partial charge is 0.303 e. The predicted molar refractivity (Wildman–Crippen MR) is 96.3 cm³/mol. The zero-order valence-electron chi connectivity index (χ0n) is 14.5. The number of rotatable bonds is 11. The van der Waals surface area contributed by atoms with Crippen LogP contribution in [0.5, 0.6) is 5.75 Å². The number of nitrogens with one attached hydrogen (secondary N) is 1. The maximum absolute atomic E-state index is 10.5. The molecule has 2 atom stereocenters. The molecule has 0 aliphatic heterocycles. The zero-order chi connectivity index (χ0) is 17.2. The zero-order valence-corrected chi connectivity index (χ0v) is 14.5. The van der Waals surface area contributed by atoms with Crippen molar-refractivity contribution in [3.8, 4) is 5.75 Å². The molecule has 1 fully saturated rings. The van der Waals surface area contributed by atoms with Crippen LogP contribution >= 0.6 is 0 Å². The van der Waals surface area contributed by atoms with Crippen LogP contribution in [0.1, 0.15) is 63.4 Å². The van der Waals surface area contributed by atoms with Gasteiger partial charge in [-0.2, -0.15) is 0 Å². The summed E-state index contributed by atoms with van der Waals surface area (Å²) in [6.07, 6.45) is 10.7. The molecule has 0 amide bonds. The summed E-state index contributed by atoms with van der Waals surface area (Å²) in [6, 6.07) is 8.11. The highest BCUT2D eigenvalue weighted by Gasteiger charge is 2.25. The molecule has 0 spiro atoms. The fourth-order valence-corrected chi connectivity index (χ4v) is 3.75. The Balaban J connectivity index is 1.58. The number of aliphatic carboxylic acids is 1. The first kappa shape index (κ1) is 18.8. The first-order valence-corrected chi connectivity index (χ1v) is 9.38. The summed E-state index contributed by atoms with van der Waals surface area (Å²) in [5.41, 5.74) is 1.26. The number of unbranched alkanes of at least 4 members (excludes halogenated alkanes) is 3. The minimum Gasteiger partial charge on any atom is -0.508 e. The van der Waals surface area contributed by atoms with Crippen LogP contribution in [0.25, 0.3) is 0 Å². The fourth-order valence-electron chi connectivity index (χ4n) is 3.75. The third-order valence-electron chi connectivity index (χ3n) is 5.13. The number of hydrogen-bond acceptors (Lipinski definition) is 3. The molecule has 134 valence electrons. The highest BCUT2D eigenvalue weighted by Crippen LogP contribution is 2.30. The average Bonchev–Trinajstić information content (AvgIpc) is 3.00. The molecule has 1 aliphatic carbocycles. The van der Waals surface area contributed by atoms with Gasteiger partial charge in [-0.3, -0.25) is 4.79 Å². The van der Waals surface area contributed by atoms with Crippen molar-refractivity contribution in [1.82, 2.24) is 5.32 Å². The molecular weight excluding hydrogens is 302 g/mol. The van der Waals surface area contributed by atoms with Crippen molar-refractivity contribution in [3.05, 3.63) is 29.8 Å². The molecule has 4 nitrogen and oxygen atoms in total. The first-order valence-electron chi connectivity index (χ1n) is 9.38. The Morgan fingerprint density at radius 1 is 1.08 bits per heavy atom. The van der Waals surface area contributed by atoms with Gasteiger partial charge in [-0.1, -0.05) is 37.8 Å². The van der Waals surface area contributed by atoms with Crippen molar-refractivity contribution >= 4 is 5.97 Å². The molecule has 4 heteroatoms. The van der Waals surface area contributed by atoms with E-state index in [1.54, 1.807) is 12.1 Å². The molecule has 1 saturated carbocycles. The number of benzene rings is 1. The van der Waals surface area contributed by atoms with E-state index in [2.05, 4.69) is 5.32 Å². The van der Waals surface area contributed by atoms with Gasteiger partial charge in [0, 0.05) is 12.5 Å². The maximum Gasteiger partial charge on any atom is 0.303 e. The van der Waals surface area contributed by atoms with Crippen LogP contribution in [0.4, 0.5) is 0 Å². The molecule has 0 heterocycles. The SMILES string of the molecule is O=C(O)CCCCCC[C@H]1CCC[C@@H]1NCCc1ccc(O)cc1. The number of phenolic OH excluding ortho intramolecular Hbond substituents is 1. The van der Waals surface area contributed by atoms with Crippen LogP contribution in [0.3, 0.4) is 0 Å². The monoisotopic (exact) mass is 333 g/mol. The lowest BCUT2D eigenvalue weighted by Crippen LogP contribution is -2.33. The van der Waals surface area contributed by atoms with E-state index < -0.39 is 5.97 Å². The van der Waals surface area contributed by atoms with Crippen molar-refractivity contribution in [2.24, 2.45) is 5.92 Å². The molecule has 24 heavy (non-hydrogen) atoms. The van der Waals surface area contributed by atoms with Crippen molar-refractivity contribution < 1.29 is 15.0 Å². The molecule has 0 aromatic heterocycles. The molecule has 2 rings (SSSR count). The van der Waals surface area contributed by atoms with Gasteiger partial charge in [0.2, 0.25) is 0 Å². The van der Waals surface area contributed by atoms with Gasteiger partial charge < -0.3 is 15.5 Å². The summed E-state index contributed by atoms with van der Waals surface area (Å²) in [4.78, 5) is 10.5. The Bertz CT molecular complexity index is 486. The Morgan fingerprint density at radius 3 is 2.58 bits per heavy atom. The van der Waals surface area contributed by atoms with Gasteiger partial charge in [-0.25, -0.2) is 0 Å². The standard InChI is InChI=1S/C20H31NO3/c22-18-12-10-16(11-13-18)14-15-21-19-8-5-7-17(19)6-3-1-2-4-9-20(23)24/h10-13,17,19,21-22H,1-9,14-15H2,(H,23,24)/t17-,19-/m0/s1. The molecule has 0 bridgehead atoms. The lowest BCUT2D eigenvalue weighted by Gasteiger charge is -2.21. The van der Waals surface area contributed by atoms with E-state index in [1.807, 2.05) is 12.1 Å². The highest BCUT2D eigenvalue weighted by atomic mass is 16.4. The quantitative estimate of drug-likeness (QED) is 0.533. The van der Waals surface area contributed by atoms with E-state index in [0.29, 0.717) is 18.2 Å². The summed E-state index contributed by atoms with van der Waals surface area (Å²) in [5.74, 6) is 0.430. The van der Waals surface area contributed by atoms with E-state index in [9.17, 15) is 9.90 Å². The van der Waals surface area contributed by atoms with Crippen LogP contribution in [0.2, 0.25) is 0 Å². The lowest BCUT2D eigenvalue weighted by atomic mass is 9.95. The first-order chi connectivity index (χ1) is 11.6. The number of carboxylic acids is 1. The summed E-state index contributed by atoms with van der Waals surface area (Å²) in [6.45, 7) is 0.991. The van der Waals surface area contributed by atoms with Crippen molar-refractivity contribution in [2.75, 3.05) is 6.54 Å². The van der Waals surface area contributed by atoms with E-state index in [4.69, 9.17) is 5.11 Å². The molecule has 0 saturated heterocycles. The molecule has 1 aromatic rings. The average molecular weight is 333 g/mol. The molecule has 1 aliphatic rings. The summed E-state index contributed by atoms with van der Waals surface area (Å²) < 4.78 is 0. The summed E-state index contributed by atoms with van der Waals surface area (Å²) in [7, 11) is 0. The molecule has 1 aromatic carbocycles. The minimum atomic E-state index is -0.677. The molecule has 3 N–H and O–H groups in total. The Hall–Kier alpha value is -1.55. The van der Waals surface area contributed by atoms with Gasteiger partial charge in [0.15, 0.2) is 0 Å². The molecule has 0 unspecified atom stereocenters. The third kappa shape index (κ3) is 6.91. The van der Waals surface area contributed by atoms with Gasteiger partial charge in [-0.05, 0) is 62.3 Å².